The molecule has 0 nitrogen and oxygen atoms in total. The van der Waals surface area contributed by atoms with Crippen molar-refractivity contribution in [3.63, 3.8) is 0 Å². The maximum absolute atomic E-state index is 13.2. The molecule has 0 aliphatic heterocycles. The van der Waals surface area contributed by atoms with E-state index in [2.05, 4.69) is 0 Å². The number of hydrogen-bond donors (Lipinski definition) is 0. The van der Waals surface area contributed by atoms with Crippen molar-refractivity contribution in [3.05, 3.63) is 21.4 Å². The molecular formula is C9H5F9Tl. The molecule has 10 heteroatoms. The van der Waals surface area contributed by atoms with E-state index in [9.17, 15) is 39.5 Å². The van der Waals surface area contributed by atoms with Crippen LogP contribution in [0, 0.1) is 0 Å². The van der Waals surface area contributed by atoms with E-state index in [1.807, 2.05) is 0 Å². The molecule has 1 aliphatic carbocycles. The van der Waals surface area contributed by atoms with Crippen LogP contribution in [-0.4, -0.2) is 45.7 Å². The molecule has 0 aromatic heterocycles. The molecule has 0 aromatic rings. The van der Waals surface area contributed by atoms with E-state index >= 15 is 0 Å². The van der Waals surface area contributed by atoms with Gasteiger partial charge in [0.25, 0.3) is 0 Å². The molecule has 0 spiro atoms. The van der Waals surface area contributed by atoms with Gasteiger partial charge in [-0.25, -0.2) is 0 Å². The van der Waals surface area contributed by atoms with Crippen LogP contribution in [0.15, 0.2) is 21.4 Å². The summed E-state index contributed by atoms with van der Waals surface area (Å²) in [6.07, 6.45) is -3.17. The van der Waals surface area contributed by atoms with Crippen LogP contribution in [0.5, 0.6) is 0 Å². The number of halogens is 9. The fourth-order valence-electron chi connectivity index (χ4n) is 1.28. The second-order valence-electron chi connectivity index (χ2n) is 3.79. The molecule has 0 aromatic carbocycles. The summed E-state index contributed by atoms with van der Waals surface area (Å²) in [5.74, 6) is -13.2. The maximum atomic E-state index is 13.2. The van der Waals surface area contributed by atoms with Crippen molar-refractivity contribution < 1.29 is 39.5 Å². The summed E-state index contributed by atoms with van der Waals surface area (Å²) >= 11 is -4.01. The average molecular weight is 489 g/mol. The topological polar surface area (TPSA) is 0 Å². The third kappa shape index (κ3) is 2.94. The summed E-state index contributed by atoms with van der Waals surface area (Å²) in [6.45, 7) is 0. The molecule has 19 heavy (non-hydrogen) atoms. The molecule has 1 aliphatic rings. The molecule has 0 radical (unpaired) electrons. The van der Waals surface area contributed by atoms with Crippen LogP contribution in [0.1, 0.15) is 6.42 Å². The molecule has 0 amide bonds. The van der Waals surface area contributed by atoms with Gasteiger partial charge >= 0.3 is 113 Å². The number of hydrogen-bond acceptors (Lipinski definition) is 0. The summed E-state index contributed by atoms with van der Waals surface area (Å²) in [4.78, 5) is 0. The molecular weight excluding hydrogens is 483 g/mol. The number of rotatable bonds is 4. The zero-order valence-electron chi connectivity index (χ0n) is 8.92. The molecule has 0 heterocycles. The van der Waals surface area contributed by atoms with E-state index in [4.69, 9.17) is 0 Å². The molecule has 0 N–H and O–H groups in total. The zero-order chi connectivity index (χ0) is 15.1. The second-order valence-corrected chi connectivity index (χ2v) is 10.6. The van der Waals surface area contributed by atoms with E-state index in [0.717, 1.165) is 6.08 Å². The third-order valence-corrected chi connectivity index (χ3v) is 8.26. The van der Waals surface area contributed by atoms with Crippen LogP contribution in [0.4, 0.5) is 39.5 Å². The Morgan fingerprint density at radius 1 is 0.842 bits per heavy atom. The first-order valence-electron chi connectivity index (χ1n) is 4.75. The summed E-state index contributed by atoms with van der Waals surface area (Å²) in [5, 5.41) is 0. The van der Waals surface area contributed by atoms with Crippen molar-refractivity contribution in [2.75, 3.05) is 0 Å². The Labute approximate surface area is 113 Å². The van der Waals surface area contributed by atoms with Gasteiger partial charge in [-0.3, -0.25) is 0 Å². The number of allylic oxidation sites excluding steroid dienone is 4. The Kier molecular flexibility index (Phi) is 4.39. The average Bonchev–Trinajstić information content (AvgIpc) is 2.67. The van der Waals surface area contributed by atoms with Crippen LogP contribution in [0.25, 0.3) is 0 Å². The molecule has 0 unspecified atom stereocenters. The molecule has 0 bridgehead atoms. The van der Waals surface area contributed by atoms with E-state index in [1.54, 1.807) is 0 Å². The van der Waals surface area contributed by atoms with E-state index in [1.165, 1.54) is 12.2 Å². The standard InChI is InChI=1S/C5H5.C4F9.Tl/c1-2-4-5-3-1;5-1(6)2(7,8)3(9,10)4(11,12)13;/h1-3H,4H2;;. The molecule has 1 rings (SSSR count). The van der Waals surface area contributed by atoms with Gasteiger partial charge in [0, 0.05) is 0 Å². The van der Waals surface area contributed by atoms with Gasteiger partial charge in [-0.2, -0.15) is 0 Å². The van der Waals surface area contributed by atoms with E-state index in [-0.39, 0.29) is 9.55 Å². The van der Waals surface area contributed by atoms with Crippen LogP contribution >= 0.6 is 0 Å². The van der Waals surface area contributed by atoms with Crippen LogP contribution < -0.4 is 0 Å². The number of alkyl halides is 9. The van der Waals surface area contributed by atoms with Gasteiger partial charge in [0.1, 0.15) is 0 Å². The van der Waals surface area contributed by atoms with Crippen molar-refractivity contribution in [2.24, 2.45) is 0 Å². The van der Waals surface area contributed by atoms with Gasteiger partial charge in [-0.1, -0.05) is 0 Å². The predicted molar refractivity (Wildman–Crippen MR) is 48.5 cm³/mol. The Bertz CT molecular complexity index is 404. The fourth-order valence-corrected chi connectivity index (χ4v) is 6.29. The Morgan fingerprint density at radius 3 is 1.74 bits per heavy atom. The van der Waals surface area contributed by atoms with Gasteiger partial charge in [-0.15, -0.1) is 0 Å². The quantitative estimate of drug-likeness (QED) is 0.415. The van der Waals surface area contributed by atoms with E-state index in [0.29, 0.717) is 0 Å². The van der Waals surface area contributed by atoms with Crippen molar-refractivity contribution >= 4 is 24.2 Å². The van der Waals surface area contributed by atoms with Crippen molar-refractivity contribution in [1.82, 2.24) is 0 Å². The Hall–Kier alpha value is -0.228. The van der Waals surface area contributed by atoms with Crippen molar-refractivity contribution in [1.29, 1.82) is 0 Å². The monoisotopic (exact) mass is 489 g/mol. The SMILES string of the molecule is FC(F)(F)C(F)(F)C(F)(F)[C](F)(F)[Tl][C]1=CC=CC1. The first-order chi connectivity index (χ1) is 8.33. The van der Waals surface area contributed by atoms with Gasteiger partial charge in [0.2, 0.25) is 0 Å². The van der Waals surface area contributed by atoms with E-state index < -0.39 is 45.7 Å². The molecule has 0 atom stereocenters. The molecule has 0 saturated heterocycles. The van der Waals surface area contributed by atoms with Crippen LogP contribution in [0.3, 0.4) is 0 Å². The zero-order valence-corrected chi connectivity index (χ0v) is 13.4. The summed E-state index contributed by atoms with van der Waals surface area (Å²) in [5.41, 5.74) is 0. The van der Waals surface area contributed by atoms with Gasteiger partial charge in [-0.05, 0) is 0 Å². The molecule has 107 valence electrons. The molecule has 0 fully saturated rings. The molecule has 0 saturated carbocycles. The minimum atomic E-state index is -6.76. The van der Waals surface area contributed by atoms with Crippen molar-refractivity contribution in [2.45, 2.75) is 27.9 Å². The van der Waals surface area contributed by atoms with Gasteiger partial charge in [0.05, 0.1) is 0 Å². The first kappa shape index (κ1) is 16.8. The van der Waals surface area contributed by atoms with Crippen molar-refractivity contribution in [3.8, 4) is 0 Å². The Balaban J connectivity index is 3.03. The second kappa shape index (κ2) is 4.95. The fraction of sp³-hybridized carbons (Fsp3) is 0.556. The minimum absolute atomic E-state index is 0.0986. The van der Waals surface area contributed by atoms with Gasteiger partial charge in [0.15, 0.2) is 0 Å². The van der Waals surface area contributed by atoms with Gasteiger partial charge < -0.3 is 0 Å². The Morgan fingerprint density at radius 2 is 1.37 bits per heavy atom. The van der Waals surface area contributed by atoms with Crippen LogP contribution in [0.2, 0.25) is 0 Å². The summed E-state index contributed by atoms with van der Waals surface area (Å²) < 4.78 is 107. The normalized spacial score (nSPS) is 17.4. The third-order valence-electron chi connectivity index (χ3n) is 2.34. The summed E-state index contributed by atoms with van der Waals surface area (Å²) in [6, 6.07) is 0. The summed E-state index contributed by atoms with van der Waals surface area (Å²) in [7, 11) is 0. The predicted octanol–water partition coefficient (Wildman–Crippen LogP) is 3.96. The first-order valence-corrected chi connectivity index (χ1v) is 9.23. The van der Waals surface area contributed by atoms with Crippen LogP contribution in [-0.2, 0) is 0 Å².